The highest BCUT2D eigenvalue weighted by Crippen LogP contribution is 2.21. The van der Waals surface area contributed by atoms with Gasteiger partial charge in [-0.25, -0.2) is 0 Å². The molecule has 86 valence electrons. The zero-order valence-electron chi connectivity index (χ0n) is 10.5. The zero-order valence-corrected chi connectivity index (χ0v) is 10.5. The van der Waals surface area contributed by atoms with Crippen LogP contribution < -0.4 is 0 Å². The molecule has 0 spiro atoms. The van der Waals surface area contributed by atoms with Crippen LogP contribution in [0.3, 0.4) is 0 Å². The summed E-state index contributed by atoms with van der Waals surface area (Å²) in [6.07, 6.45) is 0.162. The summed E-state index contributed by atoms with van der Waals surface area (Å²) in [5, 5.41) is 9.33. The van der Waals surface area contributed by atoms with Gasteiger partial charge in [0.15, 0.2) is 0 Å². The minimum Gasteiger partial charge on any atom is -0.380 e. The predicted octanol–water partition coefficient (Wildman–Crippen LogP) is 3.11. The molecule has 1 rings (SSSR count). The van der Waals surface area contributed by atoms with E-state index >= 15 is 0 Å². The van der Waals surface area contributed by atoms with Crippen molar-refractivity contribution in [2.75, 3.05) is 0 Å². The van der Waals surface area contributed by atoms with Crippen LogP contribution in [0.4, 0.5) is 0 Å². The maximum absolute atomic E-state index is 9.33. The third-order valence-corrected chi connectivity index (χ3v) is 2.52. The first-order valence-electron chi connectivity index (χ1n) is 5.73. The van der Waals surface area contributed by atoms with Crippen molar-refractivity contribution in [3.05, 3.63) is 35.4 Å². The van der Waals surface area contributed by atoms with Crippen molar-refractivity contribution in [2.24, 2.45) is 0 Å². The molecule has 0 aliphatic carbocycles. The first kappa shape index (κ1) is 12.8. The molecule has 0 aliphatic heterocycles. The molecule has 1 nitrogen and oxygen atoms in total. The van der Waals surface area contributed by atoms with Crippen molar-refractivity contribution in [1.82, 2.24) is 0 Å². The van der Waals surface area contributed by atoms with E-state index in [2.05, 4.69) is 44.7 Å². The maximum Gasteiger partial charge on any atom is 0.114 e. The summed E-state index contributed by atoms with van der Waals surface area (Å²) in [6.45, 7) is 8.49. The molecule has 0 saturated heterocycles. The Morgan fingerprint density at radius 2 is 1.75 bits per heavy atom. The Bertz CT molecular complexity index is 384. The molecule has 1 atom stereocenters. The zero-order chi connectivity index (χ0) is 12.2. The fraction of sp³-hybridized carbons (Fsp3) is 0.467. The van der Waals surface area contributed by atoms with Gasteiger partial charge in [-0.3, -0.25) is 0 Å². The van der Waals surface area contributed by atoms with Crippen LogP contribution in [0.15, 0.2) is 24.3 Å². The molecule has 1 heteroatoms. The molecule has 0 saturated carbocycles. The van der Waals surface area contributed by atoms with Crippen LogP contribution in [-0.2, 0) is 5.41 Å². The molecular weight excluding hydrogens is 196 g/mol. The Morgan fingerprint density at radius 3 is 2.19 bits per heavy atom. The van der Waals surface area contributed by atoms with Crippen LogP contribution in [0.2, 0.25) is 0 Å². The molecule has 1 N–H and O–H groups in total. The average Bonchev–Trinajstić information content (AvgIpc) is 2.25. The van der Waals surface area contributed by atoms with E-state index in [1.165, 1.54) is 5.56 Å². The van der Waals surface area contributed by atoms with Crippen LogP contribution >= 0.6 is 0 Å². The van der Waals surface area contributed by atoms with Crippen LogP contribution in [-0.4, -0.2) is 11.2 Å². The Morgan fingerprint density at radius 1 is 1.19 bits per heavy atom. The van der Waals surface area contributed by atoms with Crippen molar-refractivity contribution in [1.29, 1.82) is 0 Å². The normalized spacial score (nSPS) is 12.8. The van der Waals surface area contributed by atoms with Crippen molar-refractivity contribution < 1.29 is 5.11 Å². The van der Waals surface area contributed by atoms with E-state index in [0.29, 0.717) is 6.42 Å². The van der Waals surface area contributed by atoms with Gasteiger partial charge in [-0.05, 0) is 29.5 Å². The van der Waals surface area contributed by atoms with Crippen molar-refractivity contribution in [3.63, 3.8) is 0 Å². The summed E-state index contributed by atoms with van der Waals surface area (Å²) in [7, 11) is 0. The summed E-state index contributed by atoms with van der Waals surface area (Å²) in [5.74, 6) is 5.79. The second kappa shape index (κ2) is 5.18. The predicted molar refractivity (Wildman–Crippen MR) is 68.3 cm³/mol. The molecule has 0 aliphatic rings. The lowest BCUT2D eigenvalue weighted by Crippen LogP contribution is -2.10. The van der Waals surface area contributed by atoms with E-state index in [1.807, 2.05) is 19.1 Å². The summed E-state index contributed by atoms with van der Waals surface area (Å²) in [4.78, 5) is 0. The Balaban J connectivity index is 2.83. The Labute approximate surface area is 98.5 Å². The van der Waals surface area contributed by atoms with E-state index < -0.39 is 6.10 Å². The molecule has 0 amide bonds. The number of aliphatic hydroxyl groups excluding tert-OH is 1. The number of benzene rings is 1. The van der Waals surface area contributed by atoms with Crippen molar-refractivity contribution in [2.45, 2.75) is 45.6 Å². The lowest BCUT2D eigenvalue weighted by molar-refractivity contribution is 0.228. The highest BCUT2D eigenvalue weighted by atomic mass is 16.3. The molecule has 1 aromatic rings. The molecule has 0 aromatic heterocycles. The smallest absolute Gasteiger partial charge is 0.114 e. The Kier molecular flexibility index (Phi) is 4.15. The number of aliphatic hydroxyl groups is 1. The minimum atomic E-state index is -0.512. The summed E-state index contributed by atoms with van der Waals surface area (Å²) in [5.41, 5.74) is 2.43. The molecule has 0 radical (unpaired) electrons. The van der Waals surface area contributed by atoms with Gasteiger partial charge in [-0.15, -0.1) is 0 Å². The van der Waals surface area contributed by atoms with Gasteiger partial charge in [0, 0.05) is 5.56 Å². The van der Waals surface area contributed by atoms with Gasteiger partial charge in [0.2, 0.25) is 0 Å². The number of hydrogen-bond donors (Lipinski definition) is 1. The van der Waals surface area contributed by atoms with Gasteiger partial charge in [-0.1, -0.05) is 51.7 Å². The van der Waals surface area contributed by atoms with Crippen molar-refractivity contribution in [3.8, 4) is 11.8 Å². The lowest BCUT2D eigenvalue weighted by atomic mass is 9.87. The van der Waals surface area contributed by atoms with Gasteiger partial charge in [0.25, 0.3) is 0 Å². The van der Waals surface area contributed by atoms with Gasteiger partial charge in [-0.2, -0.15) is 0 Å². The molecule has 0 fully saturated rings. The SMILES string of the molecule is CCC(O)C#Cc1ccc(C(C)(C)C)cc1. The van der Waals surface area contributed by atoms with Crippen LogP contribution in [0.25, 0.3) is 0 Å². The van der Waals surface area contributed by atoms with E-state index in [0.717, 1.165) is 5.56 Å². The lowest BCUT2D eigenvalue weighted by Gasteiger charge is -2.18. The van der Waals surface area contributed by atoms with E-state index in [1.54, 1.807) is 0 Å². The van der Waals surface area contributed by atoms with Gasteiger partial charge < -0.3 is 5.11 Å². The quantitative estimate of drug-likeness (QED) is 0.715. The number of hydrogen-bond acceptors (Lipinski definition) is 1. The third kappa shape index (κ3) is 3.72. The molecule has 1 aromatic carbocycles. The van der Waals surface area contributed by atoms with Crippen LogP contribution in [0, 0.1) is 11.8 Å². The summed E-state index contributed by atoms with van der Waals surface area (Å²) < 4.78 is 0. The monoisotopic (exact) mass is 216 g/mol. The second-order valence-electron chi connectivity index (χ2n) is 5.02. The van der Waals surface area contributed by atoms with E-state index in [9.17, 15) is 5.11 Å². The van der Waals surface area contributed by atoms with Crippen LogP contribution in [0.5, 0.6) is 0 Å². The van der Waals surface area contributed by atoms with Gasteiger partial charge in [0.1, 0.15) is 6.10 Å². The van der Waals surface area contributed by atoms with E-state index in [-0.39, 0.29) is 5.41 Å². The topological polar surface area (TPSA) is 20.2 Å². The molecular formula is C15H20O. The maximum atomic E-state index is 9.33. The minimum absolute atomic E-state index is 0.175. The Hall–Kier alpha value is -1.26. The molecule has 0 bridgehead atoms. The summed E-state index contributed by atoms with van der Waals surface area (Å²) in [6, 6.07) is 8.22. The van der Waals surface area contributed by atoms with Crippen molar-refractivity contribution >= 4 is 0 Å². The largest absolute Gasteiger partial charge is 0.380 e. The number of rotatable bonds is 1. The first-order valence-corrected chi connectivity index (χ1v) is 5.73. The second-order valence-corrected chi connectivity index (χ2v) is 5.02. The standard InChI is InChI=1S/C15H20O/c1-5-14(16)11-8-12-6-9-13(10-7-12)15(2,3)4/h6-7,9-10,14,16H,5H2,1-4H3. The molecule has 16 heavy (non-hydrogen) atoms. The highest BCUT2D eigenvalue weighted by Gasteiger charge is 2.12. The fourth-order valence-electron chi connectivity index (χ4n) is 1.32. The van der Waals surface area contributed by atoms with Crippen LogP contribution in [0.1, 0.15) is 45.2 Å². The summed E-state index contributed by atoms with van der Waals surface area (Å²) >= 11 is 0. The molecule has 1 unspecified atom stereocenters. The van der Waals surface area contributed by atoms with Gasteiger partial charge >= 0.3 is 0 Å². The highest BCUT2D eigenvalue weighted by molar-refractivity contribution is 5.38. The van der Waals surface area contributed by atoms with Gasteiger partial charge in [0.05, 0.1) is 0 Å². The first-order chi connectivity index (χ1) is 7.43. The third-order valence-electron chi connectivity index (χ3n) is 2.52. The molecule has 0 heterocycles. The van der Waals surface area contributed by atoms with E-state index in [4.69, 9.17) is 0 Å². The fourth-order valence-corrected chi connectivity index (χ4v) is 1.32. The average molecular weight is 216 g/mol.